The smallest absolute Gasteiger partial charge is 0.416 e. The Morgan fingerprint density at radius 1 is 1.08 bits per heavy atom. The average molecular weight is 515 g/mol. The maximum atomic E-state index is 12.9. The van der Waals surface area contributed by atoms with E-state index in [9.17, 15) is 18.0 Å². The fourth-order valence-electron chi connectivity index (χ4n) is 4.24. The molecule has 0 unspecified atom stereocenters. The third-order valence-corrected chi connectivity index (χ3v) is 6.29. The Morgan fingerprint density at radius 2 is 1.84 bits per heavy atom. The zero-order chi connectivity index (χ0) is 26.4. The normalized spacial score (nSPS) is 14.4. The Balaban J connectivity index is 1.33. The second kappa shape index (κ2) is 11.4. The van der Waals surface area contributed by atoms with Crippen LogP contribution < -0.4 is 20.3 Å². The van der Waals surface area contributed by atoms with E-state index in [-0.39, 0.29) is 18.4 Å². The molecule has 0 aliphatic carbocycles. The summed E-state index contributed by atoms with van der Waals surface area (Å²) in [6, 6.07) is 12.5. The van der Waals surface area contributed by atoms with Crippen LogP contribution in [0.2, 0.25) is 0 Å². The van der Waals surface area contributed by atoms with Crippen LogP contribution in [0.25, 0.3) is 11.4 Å². The van der Waals surface area contributed by atoms with Crippen LogP contribution in [-0.4, -0.2) is 48.1 Å². The highest BCUT2D eigenvalue weighted by Crippen LogP contribution is 2.30. The first-order valence-electron chi connectivity index (χ1n) is 12.0. The van der Waals surface area contributed by atoms with Crippen LogP contribution >= 0.6 is 0 Å². The number of hydrogen-bond donors (Lipinski definition) is 2. The van der Waals surface area contributed by atoms with Crippen molar-refractivity contribution in [3.8, 4) is 17.1 Å². The molecule has 2 N–H and O–H groups in total. The van der Waals surface area contributed by atoms with Crippen molar-refractivity contribution in [2.75, 3.05) is 37.5 Å². The molecule has 4 rings (SSSR count). The Kier molecular flexibility index (Phi) is 8.10. The third-order valence-electron chi connectivity index (χ3n) is 6.29. The number of ether oxygens (including phenoxy) is 1. The molecule has 1 aliphatic heterocycles. The second-order valence-electron chi connectivity index (χ2n) is 8.87. The number of benzene rings is 2. The summed E-state index contributed by atoms with van der Waals surface area (Å²) in [4.78, 5) is 28.2. The van der Waals surface area contributed by atoms with Gasteiger partial charge < -0.3 is 20.3 Å². The Morgan fingerprint density at radius 3 is 2.54 bits per heavy atom. The molecule has 1 fully saturated rings. The molecule has 3 aromatic rings. The quantitative estimate of drug-likeness (QED) is 0.456. The number of rotatable bonds is 8. The van der Waals surface area contributed by atoms with Crippen LogP contribution in [0.5, 0.6) is 5.75 Å². The minimum atomic E-state index is -4.41. The van der Waals surface area contributed by atoms with Crippen molar-refractivity contribution >= 4 is 17.8 Å². The van der Waals surface area contributed by atoms with Crippen molar-refractivity contribution in [1.82, 2.24) is 20.3 Å². The molecular weight excluding hydrogens is 485 g/mol. The van der Waals surface area contributed by atoms with Crippen LogP contribution in [0.4, 0.5) is 25.1 Å². The molecule has 0 atom stereocenters. The minimum Gasteiger partial charge on any atom is -0.497 e. The van der Waals surface area contributed by atoms with Crippen molar-refractivity contribution in [2.24, 2.45) is 5.92 Å². The van der Waals surface area contributed by atoms with Gasteiger partial charge in [0, 0.05) is 38.7 Å². The van der Waals surface area contributed by atoms with Crippen molar-refractivity contribution < 1.29 is 22.7 Å². The van der Waals surface area contributed by atoms with Crippen molar-refractivity contribution in [2.45, 2.75) is 32.0 Å². The lowest BCUT2D eigenvalue weighted by atomic mass is 9.93. The molecule has 0 bridgehead atoms. The highest BCUT2D eigenvalue weighted by molar-refractivity contribution is 5.76. The molecule has 0 saturated carbocycles. The summed E-state index contributed by atoms with van der Waals surface area (Å²) in [5.41, 5.74) is 0.507. The fourth-order valence-corrected chi connectivity index (χ4v) is 4.24. The van der Waals surface area contributed by atoms with Gasteiger partial charge in [-0.3, -0.25) is 4.79 Å². The number of piperidine rings is 1. The third kappa shape index (κ3) is 6.87. The number of halogens is 3. The van der Waals surface area contributed by atoms with Gasteiger partial charge in [-0.1, -0.05) is 24.3 Å². The molecule has 8 nitrogen and oxygen atoms in total. The number of aromatic nitrogens is 3. The summed E-state index contributed by atoms with van der Waals surface area (Å²) >= 11 is 0. The molecule has 1 aliphatic rings. The van der Waals surface area contributed by atoms with Gasteiger partial charge in [0.25, 0.3) is 0 Å². The number of alkyl halides is 3. The fraction of sp³-hybridized carbons (Fsp3) is 0.385. The lowest BCUT2D eigenvalue weighted by Gasteiger charge is -2.32. The van der Waals surface area contributed by atoms with E-state index in [0.29, 0.717) is 48.5 Å². The lowest BCUT2D eigenvalue weighted by Crippen LogP contribution is -2.37. The summed E-state index contributed by atoms with van der Waals surface area (Å²) in [5, 5.41) is 5.73. The van der Waals surface area contributed by atoms with Gasteiger partial charge in [-0.15, -0.1) is 0 Å². The molecule has 2 aromatic carbocycles. The second-order valence-corrected chi connectivity index (χ2v) is 8.87. The number of methoxy groups -OCH3 is 1. The van der Waals surface area contributed by atoms with Crippen molar-refractivity contribution in [3.63, 3.8) is 0 Å². The summed E-state index contributed by atoms with van der Waals surface area (Å²) in [6.45, 7) is 1.42. The van der Waals surface area contributed by atoms with Gasteiger partial charge in [-0.05, 0) is 48.6 Å². The van der Waals surface area contributed by atoms with E-state index < -0.39 is 11.7 Å². The number of amides is 1. The molecule has 1 amide bonds. The standard InChI is InChI=1S/C26H29F3N6O2/c1-30-24-32-23(19-6-4-8-21(15-19)37-2)33-25(34-24)35-11-9-17(10-12-35)14-22(36)31-16-18-5-3-7-20(13-18)26(27,28)29/h3-8,13,15,17H,9-12,14,16H2,1-2H3,(H,31,36)(H,30,32,33,34). The average Bonchev–Trinajstić information content (AvgIpc) is 2.91. The van der Waals surface area contributed by atoms with E-state index in [2.05, 4.69) is 30.5 Å². The highest BCUT2D eigenvalue weighted by Gasteiger charge is 2.30. The zero-order valence-electron chi connectivity index (χ0n) is 20.7. The minimum absolute atomic E-state index is 0.0618. The van der Waals surface area contributed by atoms with Crippen molar-refractivity contribution in [3.05, 3.63) is 59.7 Å². The Labute approximate surface area is 213 Å². The molecule has 1 saturated heterocycles. The molecule has 0 radical (unpaired) electrons. The van der Waals surface area contributed by atoms with Gasteiger partial charge in [-0.25, -0.2) is 0 Å². The largest absolute Gasteiger partial charge is 0.497 e. The molecule has 196 valence electrons. The summed E-state index contributed by atoms with van der Waals surface area (Å²) < 4.78 is 44.0. The van der Waals surface area contributed by atoms with Crippen LogP contribution in [0.3, 0.4) is 0 Å². The van der Waals surface area contributed by atoms with E-state index in [1.165, 1.54) is 6.07 Å². The van der Waals surface area contributed by atoms with Gasteiger partial charge >= 0.3 is 6.18 Å². The van der Waals surface area contributed by atoms with E-state index >= 15 is 0 Å². The van der Waals surface area contributed by atoms with Gasteiger partial charge in [0.05, 0.1) is 12.7 Å². The van der Waals surface area contributed by atoms with Crippen molar-refractivity contribution in [1.29, 1.82) is 0 Å². The number of anilines is 2. The van der Waals surface area contributed by atoms with Gasteiger partial charge in [0.2, 0.25) is 17.8 Å². The van der Waals surface area contributed by atoms with Crippen LogP contribution in [0.1, 0.15) is 30.4 Å². The number of hydrogen-bond acceptors (Lipinski definition) is 7. The highest BCUT2D eigenvalue weighted by atomic mass is 19.4. The van der Waals surface area contributed by atoms with Crippen LogP contribution in [-0.2, 0) is 17.5 Å². The number of nitrogens with zero attached hydrogens (tertiary/aromatic N) is 4. The Hall–Kier alpha value is -3.89. The first-order valence-corrected chi connectivity index (χ1v) is 12.0. The topological polar surface area (TPSA) is 92.3 Å². The molecule has 1 aromatic heterocycles. The molecular formula is C26H29F3N6O2. The first-order chi connectivity index (χ1) is 17.7. The maximum absolute atomic E-state index is 12.9. The Bertz CT molecular complexity index is 1230. The van der Waals surface area contributed by atoms with E-state index in [4.69, 9.17) is 4.74 Å². The van der Waals surface area contributed by atoms with E-state index in [0.717, 1.165) is 30.5 Å². The number of nitrogens with one attached hydrogen (secondary N) is 2. The predicted octanol–water partition coefficient (Wildman–Crippen LogP) is 4.53. The lowest BCUT2D eigenvalue weighted by molar-refractivity contribution is -0.137. The monoisotopic (exact) mass is 514 g/mol. The zero-order valence-corrected chi connectivity index (χ0v) is 20.7. The molecule has 0 spiro atoms. The molecule has 2 heterocycles. The predicted molar refractivity (Wildman–Crippen MR) is 134 cm³/mol. The van der Waals surface area contributed by atoms with Crippen LogP contribution in [0.15, 0.2) is 48.5 Å². The number of carbonyl (C=O) groups excluding carboxylic acids is 1. The molecule has 37 heavy (non-hydrogen) atoms. The number of carbonyl (C=O) groups is 1. The summed E-state index contributed by atoms with van der Waals surface area (Å²) in [6.07, 6.45) is -2.55. The SMILES string of the molecule is CNc1nc(-c2cccc(OC)c2)nc(N2CCC(CC(=O)NCc3cccc(C(F)(F)F)c3)CC2)n1. The maximum Gasteiger partial charge on any atom is 0.416 e. The first kappa shape index (κ1) is 26.2. The summed E-state index contributed by atoms with van der Waals surface area (Å²) in [7, 11) is 3.35. The van der Waals surface area contributed by atoms with E-state index in [1.54, 1.807) is 20.2 Å². The molecule has 11 heteroatoms. The van der Waals surface area contributed by atoms with Gasteiger partial charge in [-0.2, -0.15) is 28.1 Å². The van der Waals surface area contributed by atoms with E-state index in [1.807, 2.05) is 24.3 Å². The summed E-state index contributed by atoms with van der Waals surface area (Å²) in [5.74, 6) is 2.25. The van der Waals surface area contributed by atoms with Crippen LogP contribution in [0, 0.1) is 5.92 Å². The van der Waals surface area contributed by atoms with Gasteiger partial charge in [0.15, 0.2) is 5.82 Å². The van der Waals surface area contributed by atoms with Gasteiger partial charge in [0.1, 0.15) is 5.75 Å².